The molecule has 0 aliphatic carbocycles. The largest absolute Gasteiger partial charge is 0.365 e. The SMILES string of the molecule is NC(=O)c1cc2c(=O)[nH]c(=O)[nH]c2s1. The lowest BCUT2D eigenvalue weighted by atomic mass is 10.3. The number of fused-ring (bicyclic) bond motifs is 1. The third-order valence-corrected chi connectivity index (χ3v) is 2.74. The number of carbonyl (C=O) groups excluding carboxylic acids is 1. The number of thiophene rings is 1. The number of amides is 1. The maximum Gasteiger partial charge on any atom is 0.326 e. The van der Waals surface area contributed by atoms with Gasteiger partial charge in [-0.3, -0.25) is 19.6 Å². The summed E-state index contributed by atoms with van der Waals surface area (Å²) in [6, 6.07) is 1.36. The molecule has 0 atom stereocenters. The zero-order valence-electron chi connectivity index (χ0n) is 6.79. The van der Waals surface area contributed by atoms with Crippen LogP contribution < -0.4 is 17.0 Å². The first-order valence-electron chi connectivity index (χ1n) is 3.64. The number of aromatic nitrogens is 2. The molecule has 0 aliphatic heterocycles. The van der Waals surface area contributed by atoms with E-state index in [0.29, 0.717) is 4.83 Å². The molecule has 0 aliphatic rings. The molecular formula is C7H5N3O3S. The summed E-state index contributed by atoms with van der Waals surface area (Å²) in [5.41, 5.74) is 3.92. The van der Waals surface area contributed by atoms with E-state index in [1.807, 2.05) is 0 Å². The van der Waals surface area contributed by atoms with Gasteiger partial charge in [-0.25, -0.2) is 4.79 Å². The van der Waals surface area contributed by atoms with E-state index in [4.69, 9.17) is 5.73 Å². The number of aromatic amines is 2. The fourth-order valence-corrected chi connectivity index (χ4v) is 1.98. The molecule has 0 radical (unpaired) electrons. The van der Waals surface area contributed by atoms with Crippen molar-refractivity contribution in [3.8, 4) is 0 Å². The van der Waals surface area contributed by atoms with Crippen LogP contribution >= 0.6 is 11.3 Å². The van der Waals surface area contributed by atoms with Crippen molar-refractivity contribution in [2.75, 3.05) is 0 Å². The molecular weight excluding hydrogens is 206 g/mol. The van der Waals surface area contributed by atoms with Crippen LogP contribution in [0.3, 0.4) is 0 Å². The molecule has 0 fully saturated rings. The first-order valence-corrected chi connectivity index (χ1v) is 4.45. The van der Waals surface area contributed by atoms with Gasteiger partial charge in [-0.05, 0) is 6.07 Å². The minimum absolute atomic E-state index is 0.243. The molecule has 0 aromatic carbocycles. The van der Waals surface area contributed by atoms with Crippen LogP contribution in [-0.4, -0.2) is 15.9 Å². The van der Waals surface area contributed by atoms with Crippen LogP contribution in [0.4, 0.5) is 0 Å². The number of rotatable bonds is 1. The zero-order chi connectivity index (χ0) is 10.3. The van der Waals surface area contributed by atoms with Crippen LogP contribution in [0.15, 0.2) is 15.7 Å². The lowest BCUT2D eigenvalue weighted by molar-refractivity contribution is 0.100. The molecule has 4 N–H and O–H groups in total. The van der Waals surface area contributed by atoms with Crippen LogP contribution in [0.25, 0.3) is 10.2 Å². The van der Waals surface area contributed by atoms with E-state index in [0.717, 1.165) is 11.3 Å². The maximum atomic E-state index is 11.2. The number of primary amides is 1. The highest BCUT2D eigenvalue weighted by atomic mass is 32.1. The highest BCUT2D eigenvalue weighted by Crippen LogP contribution is 2.18. The van der Waals surface area contributed by atoms with E-state index in [9.17, 15) is 14.4 Å². The normalized spacial score (nSPS) is 10.6. The van der Waals surface area contributed by atoms with Gasteiger partial charge in [0.2, 0.25) is 0 Å². The second-order valence-corrected chi connectivity index (χ2v) is 3.68. The standard InChI is InChI=1S/C7H5N3O3S/c8-4(11)3-1-2-5(12)9-7(13)10-6(2)14-3/h1H,(H2,8,11)(H2,9,10,12,13). The summed E-state index contributed by atoms with van der Waals surface area (Å²) >= 11 is 0.984. The van der Waals surface area contributed by atoms with Gasteiger partial charge in [0.1, 0.15) is 4.83 Å². The molecule has 14 heavy (non-hydrogen) atoms. The first-order chi connectivity index (χ1) is 6.58. The quantitative estimate of drug-likeness (QED) is 0.584. The number of carbonyl (C=O) groups is 1. The van der Waals surface area contributed by atoms with Gasteiger partial charge < -0.3 is 5.73 Å². The van der Waals surface area contributed by atoms with Gasteiger partial charge in [0, 0.05) is 0 Å². The van der Waals surface area contributed by atoms with Crippen molar-refractivity contribution in [3.05, 3.63) is 31.8 Å². The zero-order valence-corrected chi connectivity index (χ0v) is 7.60. The average molecular weight is 211 g/mol. The molecule has 2 aromatic rings. The van der Waals surface area contributed by atoms with Crippen molar-refractivity contribution in [2.24, 2.45) is 5.73 Å². The summed E-state index contributed by atoms with van der Waals surface area (Å²) < 4.78 is 0. The Hall–Kier alpha value is -1.89. The van der Waals surface area contributed by atoms with Gasteiger partial charge in [-0.1, -0.05) is 0 Å². The second kappa shape index (κ2) is 2.81. The van der Waals surface area contributed by atoms with E-state index in [-0.39, 0.29) is 10.3 Å². The molecule has 0 unspecified atom stereocenters. The smallest absolute Gasteiger partial charge is 0.326 e. The van der Waals surface area contributed by atoms with E-state index in [2.05, 4.69) is 9.97 Å². The molecule has 2 aromatic heterocycles. The lowest BCUT2D eigenvalue weighted by Crippen LogP contribution is -2.20. The Kier molecular flexibility index (Phi) is 1.74. The Morgan fingerprint density at radius 2 is 2.07 bits per heavy atom. The minimum atomic E-state index is -0.619. The summed E-state index contributed by atoms with van der Waals surface area (Å²) in [7, 11) is 0. The molecule has 72 valence electrons. The van der Waals surface area contributed by atoms with Crippen molar-refractivity contribution >= 4 is 27.5 Å². The van der Waals surface area contributed by atoms with Gasteiger partial charge in [-0.2, -0.15) is 0 Å². The fourth-order valence-electron chi connectivity index (χ4n) is 1.08. The predicted octanol–water partition coefficient (Wildman–Crippen LogP) is -0.623. The Labute approximate surface area is 80.4 Å². The van der Waals surface area contributed by atoms with Gasteiger partial charge >= 0.3 is 5.69 Å². The van der Waals surface area contributed by atoms with Crippen LogP contribution in [-0.2, 0) is 0 Å². The number of nitrogens with one attached hydrogen (secondary N) is 2. The van der Waals surface area contributed by atoms with Crippen molar-refractivity contribution in [1.29, 1.82) is 0 Å². The molecule has 6 nitrogen and oxygen atoms in total. The predicted molar refractivity (Wildman–Crippen MR) is 51.6 cm³/mol. The molecule has 0 saturated carbocycles. The molecule has 2 heterocycles. The molecule has 1 amide bonds. The Morgan fingerprint density at radius 1 is 1.36 bits per heavy atom. The van der Waals surface area contributed by atoms with Crippen molar-refractivity contribution in [3.63, 3.8) is 0 Å². The third kappa shape index (κ3) is 1.23. The van der Waals surface area contributed by atoms with Crippen LogP contribution in [0.5, 0.6) is 0 Å². The Balaban J connectivity index is 2.90. The first kappa shape index (κ1) is 8.70. The molecule has 7 heteroatoms. The summed E-state index contributed by atoms with van der Waals surface area (Å²) in [5, 5.41) is 0.267. The van der Waals surface area contributed by atoms with Crippen molar-refractivity contribution in [2.45, 2.75) is 0 Å². The molecule has 0 bridgehead atoms. The molecule has 2 rings (SSSR count). The summed E-state index contributed by atoms with van der Waals surface area (Å²) in [6.45, 7) is 0. The molecule has 0 saturated heterocycles. The monoisotopic (exact) mass is 211 g/mol. The van der Waals surface area contributed by atoms with Gasteiger partial charge in [0.15, 0.2) is 0 Å². The van der Waals surface area contributed by atoms with Crippen LogP contribution in [0, 0.1) is 0 Å². The summed E-state index contributed by atoms with van der Waals surface area (Å²) in [5.74, 6) is -0.619. The van der Waals surface area contributed by atoms with Crippen LogP contribution in [0.2, 0.25) is 0 Å². The van der Waals surface area contributed by atoms with Gasteiger partial charge in [-0.15, -0.1) is 11.3 Å². The van der Waals surface area contributed by atoms with E-state index < -0.39 is 17.2 Å². The number of hydrogen-bond donors (Lipinski definition) is 3. The number of H-pyrrole nitrogens is 2. The highest BCUT2D eigenvalue weighted by molar-refractivity contribution is 7.20. The van der Waals surface area contributed by atoms with Gasteiger partial charge in [0.25, 0.3) is 11.5 Å². The highest BCUT2D eigenvalue weighted by Gasteiger charge is 2.09. The summed E-state index contributed by atoms with van der Waals surface area (Å²) in [6.07, 6.45) is 0. The van der Waals surface area contributed by atoms with Crippen molar-refractivity contribution < 1.29 is 4.79 Å². The number of nitrogens with two attached hydrogens (primary N) is 1. The minimum Gasteiger partial charge on any atom is -0.365 e. The van der Waals surface area contributed by atoms with Crippen LogP contribution in [0.1, 0.15) is 9.67 Å². The third-order valence-electron chi connectivity index (χ3n) is 1.67. The second-order valence-electron chi connectivity index (χ2n) is 2.63. The van der Waals surface area contributed by atoms with Gasteiger partial charge in [0.05, 0.1) is 10.3 Å². The summed E-state index contributed by atoms with van der Waals surface area (Å²) in [4.78, 5) is 37.9. The van der Waals surface area contributed by atoms with E-state index in [1.165, 1.54) is 6.07 Å². The number of hydrogen-bond acceptors (Lipinski definition) is 4. The van der Waals surface area contributed by atoms with E-state index >= 15 is 0 Å². The average Bonchev–Trinajstić information content (AvgIpc) is 2.47. The molecule has 0 spiro atoms. The van der Waals surface area contributed by atoms with E-state index in [1.54, 1.807) is 0 Å². The van der Waals surface area contributed by atoms with Crippen molar-refractivity contribution in [1.82, 2.24) is 9.97 Å². The topological polar surface area (TPSA) is 109 Å². The Morgan fingerprint density at radius 3 is 2.71 bits per heavy atom. The lowest BCUT2D eigenvalue weighted by Gasteiger charge is -1.84. The Bertz CT molecular complexity index is 621. The maximum absolute atomic E-state index is 11.2. The fraction of sp³-hybridized carbons (Fsp3) is 0.